The molecule has 0 N–H and O–H groups in total. The normalized spacial score (nSPS) is 10.6. The summed E-state index contributed by atoms with van der Waals surface area (Å²) in [5, 5.41) is 0. The van der Waals surface area contributed by atoms with Gasteiger partial charge < -0.3 is 14.2 Å². The molecular formula is C18H17BrO4. The van der Waals surface area contributed by atoms with Gasteiger partial charge in [-0.3, -0.25) is 0 Å². The number of hydrogen-bond acceptors (Lipinski definition) is 4. The Labute approximate surface area is 143 Å². The minimum Gasteiger partial charge on any atom is -0.497 e. The smallest absolute Gasteiger partial charge is 0.331 e. The number of carbonyl (C=O) groups is 1. The molecular weight excluding hydrogens is 360 g/mol. The number of halogens is 1. The SMILES string of the molecule is COc1ccc(/C=C/C(=O)OCc2cccc(Br)c2)c(OC)c1. The van der Waals surface area contributed by atoms with E-state index >= 15 is 0 Å². The highest BCUT2D eigenvalue weighted by molar-refractivity contribution is 9.10. The predicted molar refractivity (Wildman–Crippen MR) is 92.5 cm³/mol. The third-order valence-corrected chi connectivity index (χ3v) is 3.60. The molecule has 0 unspecified atom stereocenters. The second kappa shape index (κ2) is 8.39. The third-order valence-electron chi connectivity index (χ3n) is 3.11. The van der Waals surface area contributed by atoms with Gasteiger partial charge >= 0.3 is 5.97 Å². The molecule has 0 radical (unpaired) electrons. The topological polar surface area (TPSA) is 44.8 Å². The third kappa shape index (κ3) is 5.14. The van der Waals surface area contributed by atoms with E-state index in [1.165, 1.54) is 6.08 Å². The number of hydrogen-bond donors (Lipinski definition) is 0. The first kappa shape index (κ1) is 17.1. The van der Waals surface area contributed by atoms with Gasteiger partial charge in [-0.2, -0.15) is 0 Å². The zero-order chi connectivity index (χ0) is 16.7. The van der Waals surface area contributed by atoms with Gasteiger partial charge in [0.1, 0.15) is 18.1 Å². The van der Waals surface area contributed by atoms with Crippen molar-refractivity contribution in [3.63, 3.8) is 0 Å². The Morgan fingerprint density at radius 2 is 1.96 bits per heavy atom. The van der Waals surface area contributed by atoms with E-state index < -0.39 is 5.97 Å². The van der Waals surface area contributed by atoms with Crippen LogP contribution in [0, 0.1) is 0 Å². The lowest BCUT2D eigenvalue weighted by molar-refractivity contribution is -0.138. The van der Waals surface area contributed by atoms with Gasteiger partial charge in [0.15, 0.2) is 0 Å². The summed E-state index contributed by atoms with van der Waals surface area (Å²) in [7, 11) is 3.15. The maximum atomic E-state index is 11.8. The molecule has 0 aliphatic heterocycles. The summed E-state index contributed by atoms with van der Waals surface area (Å²) in [5.74, 6) is 0.902. The van der Waals surface area contributed by atoms with Gasteiger partial charge in [0.2, 0.25) is 0 Å². The van der Waals surface area contributed by atoms with Crippen molar-refractivity contribution >= 4 is 28.0 Å². The molecule has 0 amide bonds. The fraction of sp³-hybridized carbons (Fsp3) is 0.167. The molecule has 0 atom stereocenters. The summed E-state index contributed by atoms with van der Waals surface area (Å²) in [6, 6.07) is 13.0. The highest BCUT2D eigenvalue weighted by Gasteiger charge is 2.04. The van der Waals surface area contributed by atoms with Crippen LogP contribution in [0.2, 0.25) is 0 Å². The molecule has 4 nitrogen and oxygen atoms in total. The summed E-state index contributed by atoms with van der Waals surface area (Å²) in [5.41, 5.74) is 1.69. The molecule has 0 aliphatic carbocycles. The number of esters is 1. The van der Waals surface area contributed by atoms with E-state index in [0.29, 0.717) is 11.5 Å². The summed E-state index contributed by atoms with van der Waals surface area (Å²) in [4.78, 5) is 11.8. The second-order valence-electron chi connectivity index (χ2n) is 4.68. The summed E-state index contributed by atoms with van der Waals surface area (Å²) in [6.07, 6.45) is 3.03. The minimum absolute atomic E-state index is 0.225. The standard InChI is InChI=1S/C18H17BrO4/c1-21-16-8-6-14(17(11-16)22-2)7-9-18(20)23-12-13-4-3-5-15(19)10-13/h3-11H,12H2,1-2H3/b9-7+. The fourth-order valence-electron chi connectivity index (χ4n) is 1.94. The van der Waals surface area contributed by atoms with E-state index in [0.717, 1.165) is 15.6 Å². The van der Waals surface area contributed by atoms with Crippen molar-refractivity contribution in [2.24, 2.45) is 0 Å². The number of rotatable bonds is 6. The van der Waals surface area contributed by atoms with Crippen molar-refractivity contribution in [3.05, 3.63) is 64.1 Å². The number of benzene rings is 2. The Morgan fingerprint density at radius 3 is 2.65 bits per heavy atom. The Hall–Kier alpha value is -2.27. The van der Waals surface area contributed by atoms with E-state index in [1.807, 2.05) is 30.3 Å². The van der Waals surface area contributed by atoms with Crippen LogP contribution < -0.4 is 9.47 Å². The average molecular weight is 377 g/mol. The molecule has 2 aromatic carbocycles. The van der Waals surface area contributed by atoms with E-state index in [1.54, 1.807) is 32.4 Å². The van der Waals surface area contributed by atoms with Crippen molar-refractivity contribution in [2.75, 3.05) is 14.2 Å². The van der Waals surface area contributed by atoms with Crippen molar-refractivity contribution < 1.29 is 19.0 Å². The van der Waals surface area contributed by atoms with Gasteiger partial charge in [0.25, 0.3) is 0 Å². The molecule has 0 aliphatic rings. The van der Waals surface area contributed by atoms with Gasteiger partial charge in [-0.1, -0.05) is 28.1 Å². The summed E-state index contributed by atoms with van der Waals surface area (Å²) < 4.78 is 16.6. The lowest BCUT2D eigenvalue weighted by Gasteiger charge is -2.07. The van der Waals surface area contributed by atoms with E-state index in [2.05, 4.69) is 15.9 Å². The predicted octanol–water partition coefficient (Wildman–Crippen LogP) is 4.22. The maximum Gasteiger partial charge on any atom is 0.331 e. The molecule has 0 spiro atoms. The molecule has 0 bridgehead atoms. The Morgan fingerprint density at radius 1 is 1.13 bits per heavy atom. The Kier molecular flexibility index (Phi) is 6.23. The molecule has 0 saturated heterocycles. The molecule has 2 rings (SSSR count). The lowest BCUT2D eigenvalue weighted by atomic mass is 10.1. The second-order valence-corrected chi connectivity index (χ2v) is 5.59. The van der Waals surface area contributed by atoms with Gasteiger partial charge in [-0.25, -0.2) is 4.79 Å². The van der Waals surface area contributed by atoms with Crippen molar-refractivity contribution in [1.82, 2.24) is 0 Å². The van der Waals surface area contributed by atoms with Crippen molar-refractivity contribution in [1.29, 1.82) is 0 Å². The van der Waals surface area contributed by atoms with Gasteiger partial charge in [0, 0.05) is 22.2 Å². The summed E-state index contributed by atoms with van der Waals surface area (Å²) >= 11 is 3.38. The van der Waals surface area contributed by atoms with E-state index in [4.69, 9.17) is 14.2 Å². The highest BCUT2D eigenvalue weighted by Crippen LogP contribution is 2.25. The van der Waals surface area contributed by atoms with Gasteiger partial charge in [-0.05, 0) is 35.9 Å². The van der Waals surface area contributed by atoms with Crippen LogP contribution in [-0.4, -0.2) is 20.2 Å². The maximum absolute atomic E-state index is 11.8. The molecule has 120 valence electrons. The first-order valence-corrected chi connectivity index (χ1v) is 7.73. The summed E-state index contributed by atoms with van der Waals surface area (Å²) in [6.45, 7) is 0.225. The van der Waals surface area contributed by atoms with Crippen LogP contribution in [0.4, 0.5) is 0 Å². The van der Waals surface area contributed by atoms with Crippen LogP contribution in [0.3, 0.4) is 0 Å². The zero-order valence-electron chi connectivity index (χ0n) is 12.9. The van der Waals surface area contributed by atoms with E-state index in [9.17, 15) is 4.79 Å². The quantitative estimate of drug-likeness (QED) is 0.559. The van der Waals surface area contributed by atoms with Crippen LogP contribution in [0.1, 0.15) is 11.1 Å². The van der Waals surface area contributed by atoms with Crippen molar-refractivity contribution in [3.8, 4) is 11.5 Å². The molecule has 0 heterocycles. The lowest BCUT2D eigenvalue weighted by Crippen LogP contribution is -2.00. The molecule has 0 fully saturated rings. The zero-order valence-corrected chi connectivity index (χ0v) is 14.5. The molecule has 23 heavy (non-hydrogen) atoms. The highest BCUT2D eigenvalue weighted by atomic mass is 79.9. The number of methoxy groups -OCH3 is 2. The van der Waals surface area contributed by atoms with Crippen LogP contribution in [-0.2, 0) is 16.1 Å². The average Bonchev–Trinajstić information content (AvgIpc) is 2.58. The Balaban J connectivity index is 1.98. The molecule has 2 aromatic rings. The van der Waals surface area contributed by atoms with Gasteiger partial charge in [-0.15, -0.1) is 0 Å². The van der Waals surface area contributed by atoms with E-state index in [-0.39, 0.29) is 6.61 Å². The first-order valence-electron chi connectivity index (χ1n) is 6.93. The largest absolute Gasteiger partial charge is 0.497 e. The van der Waals surface area contributed by atoms with Crippen LogP contribution >= 0.6 is 15.9 Å². The molecule has 0 aromatic heterocycles. The molecule has 0 saturated carbocycles. The number of carbonyl (C=O) groups excluding carboxylic acids is 1. The Bertz CT molecular complexity index is 710. The van der Waals surface area contributed by atoms with Crippen molar-refractivity contribution in [2.45, 2.75) is 6.61 Å². The van der Waals surface area contributed by atoms with Crippen LogP contribution in [0.25, 0.3) is 6.08 Å². The fourth-order valence-corrected chi connectivity index (χ4v) is 2.39. The van der Waals surface area contributed by atoms with Crippen LogP contribution in [0.5, 0.6) is 11.5 Å². The first-order chi connectivity index (χ1) is 11.1. The van der Waals surface area contributed by atoms with Crippen LogP contribution in [0.15, 0.2) is 53.0 Å². The molecule has 5 heteroatoms. The van der Waals surface area contributed by atoms with Gasteiger partial charge in [0.05, 0.1) is 14.2 Å². The number of ether oxygens (including phenoxy) is 3. The monoisotopic (exact) mass is 376 g/mol. The minimum atomic E-state index is -0.414.